The fourth-order valence-corrected chi connectivity index (χ4v) is 4.10. The zero-order valence-corrected chi connectivity index (χ0v) is 15.3. The molecule has 2 saturated heterocycles. The van der Waals surface area contributed by atoms with E-state index in [1.54, 1.807) is 0 Å². The molecule has 3 aliphatic rings. The number of amides is 1. The third kappa shape index (κ3) is 4.26. The highest BCUT2D eigenvalue weighted by Crippen LogP contribution is 2.32. The van der Waals surface area contributed by atoms with Crippen LogP contribution in [0.15, 0.2) is 30.3 Å². The summed E-state index contributed by atoms with van der Waals surface area (Å²) in [5.74, 6) is 0.225. The first-order valence-corrected chi connectivity index (χ1v) is 9.94. The minimum absolute atomic E-state index is 0.0132. The fourth-order valence-electron chi connectivity index (χ4n) is 4.10. The van der Waals surface area contributed by atoms with E-state index < -0.39 is 0 Å². The molecule has 4 rings (SSSR count). The molecule has 1 saturated carbocycles. The second kappa shape index (κ2) is 7.78. The van der Waals surface area contributed by atoms with E-state index in [1.165, 1.54) is 5.56 Å². The third-order valence-electron chi connectivity index (χ3n) is 5.75. The van der Waals surface area contributed by atoms with Crippen LogP contribution in [0.2, 0.25) is 0 Å². The first kappa shape index (κ1) is 17.5. The normalized spacial score (nSPS) is 26.7. The molecular weight excluding hydrogens is 328 g/mol. The number of nitrogens with zero attached hydrogens (tertiary/aromatic N) is 2. The van der Waals surface area contributed by atoms with Gasteiger partial charge in [0.1, 0.15) is 6.10 Å². The average Bonchev–Trinajstić information content (AvgIpc) is 3.43. The lowest BCUT2D eigenvalue weighted by atomic mass is 9.97. The molecule has 2 heterocycles. The monoisotopic (exact) mass is 356 g/mol. The Hall–Kier alpha value is -1.88. The van der Waals surface area contributed by atoms with Gasteiger partial charge in [-0.2, -0.15) is 0 Å². The van der Waals surface area contributed by atoms with Crippen LogP contribution in [0.1, 0.15) is 37.7 Å². The minimum atomic E-state index is -0.144. The highest BCUT2D eigenvalue weighted by molar-refractivity contribution is 5.82. The maximum atomic E-state index is 12.6. The number of rotatable bonds is 5. The summed E-state index contributed by atoms with van der Waals surface area (Å²) in [5, 5.41) is 0. The number of likely N-dealkylation sites (tertiary alicyclic amines) is 2. The van der Waals surface area contributed by atoms with Crippen LogP contribution in [0, 0.1) is 11.8 Å². The van der Waals surface area contributed by atoms with Gasteiger partial charge in [-0.15, -0.1) is 0 Å². The van der Waals surface area contributed by atoms with Gasteiger partial charge in [0, 0.05) is 38.6 Å². The quantitative estimate of drug-likeness (QED) is 0.761. The summed E-state index contributed by atoms with van der Waals surface area (Å²) in [5.41, 5.74) is 1.29. The lowest BCUT2D eigenvalue weighted by molar-refractivity contribution is -0.156. The number of piperidine rings is 1. The Morgan fingerprint density at radius 3 is 2.54 bits per heavy atom. The maximum absolute atomic E-state index is 12.6. The molecule has 5 heteroatoms. The Morgan fingerprint density at radius 1 is 0.962 bits per heavy atom. The smallest absolute Gasteiger partial charge is 0.311 e. The second-order valence-electron chi connectivity index (χ2n) is 7.97. The number of hydrogen-bond acceptors (Lipinski definition) is 4. The number of benzene rings is 1. The Kier molecular flexibility index (Phi) is 5.25. The number of carbonyl (C=O) groups excluding carboxylic acids is 2. The molecule has 2 atom stereocenters. The third-order valence-corrected chi connectivity index (χ3v) is 5.75. The van der Waals surface area contributed by atoms with E-state index in [-0.39, 0.29) is 29.8 Å². The van der Waals surface area contributed by atoms with Crippen molar-refractivity contribution in [2.75, 3.05) is 26.2 Å². The van der Waals surface area contributed by atoms with Crippen molar-refractivity contribution in [3.05, 3.63) is 35.9 Å². The molecule has 1 unspecified atom stereocenters. The van der Waals surface area contributed by atoms with Gasteiger partial charge in [-0.3, -0.25) is 14.5 Å². The van der Waals surface area contributed by atoms with Crippen molar-refractivity contribution in [3.8, 4) is 0 Å². The van der Waals surface area contributed by atoms with Gasteiger partial charge in [-0.1, -0.05) is 30.3 Å². The number of carbonyl (C=O) groups is 2. The van der Waals surface area contributed by atoms with Crippen LogP contribution in [0.3, 0.4) is 0 Å². The summed E-state index contributed by atoms with van der Waals surface area (Å²) in [6.45, 7) is 4.02. The largest absolute Gasteiger partial charge is 0.461 e. The van der Waals surface area contributed by atoms with E-state index in [1.807, 2.05) is 11.0 Å². The SMILES string of the molecule is O=C(O[C@@H]1CCN(Cc2ccccc2)C1)C1CCCN(C(=O)C2CC2)C1. The van der Waals surface area contributed by atoms with Crippen LogP contribution in [-0.2, 0) is 20.9 Å². The molecule has 3 fully saturated rings. The minimum Gasteiger partial charge on any atom is -0.461 e. The zero-order valence-electron chi connectivity index (χ0n) is 15.3. The number of ether oxygens (including phenoxy) is 1. The van der Waals surface area contributed by atoms with Crippen LogP contribution in [0.4, 0.5) is 0 Å². The zero-order chi connectivity index (χ0) is 17.9. The first-order valence-electron chi connectivity index (χ1n) is 9.94. The standard InChI is InChI=1S/C21H28N2O3/c24-20(17-8-9-17)23-11-4-7-18(14-23)21(25)26-19-10-12-22(15-19)13-16-5-2-1-3-6-16/h1-3,5-6,17-19H,4,7-15H2/t18?,19-/m1/s1. The summed E-state index contributed by atoms with van der Waals surface area (Å²) >= 11 is 0. The number of esters is 1. The van der Waals surface area contributed by atoms with Gasteiger partial charge in [-0.25, -0.2) is 0 Å². The maximum Gasteiger partial charge on any atom is 0.311 e. The van der Waals surface area contributed by atoms with Crippen LogP contribution < -0.4 is 0 Å². The van der Waals surface area contributed by atoms with Crippen LogP contribution in [-0.4, -0.2) is 54.0 Å². The van der Waals surface area contributed by atoms with Gasteiger partial charge in [0.2, 0.25) is 5.91 Å². The molecule has 5 nitrogen and oxygen atoms in total. The lowest BCUT2D eigenvalue weighted by Crippen LogP contribution is -2.44. The van der Waals surface area contributed by atoms with Crippen LogP contribution >= 0.6 is 0 Å². The van der Waals surface area contributed by atoms with E-state index in [4.69, 9.17) is 4.74 Å². The molecule has 1 aromatic rings. The van der Waals surface area contributed by atoms with Gasteiger partial charge < -0.3 is 9.64 Å². The fraction of sp³-hybridized carbons (Fsp3) is 0.619. The van der Waals surface area contributed by atoms with Crippen LogP contribution in [0.25, 0.3) is 0 Å². The molecule has 0 radical (unpaired) electrons. The van der Waals surface area contributed by atoms with E-state index >= 15 is 0 Å². The van der Waals surface area contributed by atoms with Crippen molar-refractivity contribution < 1.29 is 14.3 Å². The molecule has 26 heavy (non-hydrogen) atoms. The highest BCUT2D eigenvalue weighted by atomic mass is 16.5. The summed E-state index contributed by atoms with van der Waals surface area (Å²) in [6.07, 6.45) is 4.67. The van der Waals surface area contributed by atoms with Gasteiger partial charge in [0.25, 0.3) is 0 Å². The molecule has 0 bridgehead atoms. The lowest BCUT2D eigenvalue weighted by Gasteiger charge is -2.32. The van der Waals surface area contributed by atoms with Crippen LogP contribution in [0.5, 0.6) is 0 Å². The number of hydrogen-bond donors (Lipinski definition) is 0. The van der Waals surface area contributed by atoms with E-state index in [0.717, 1.165) is 58.3 Å². The molecule has 140 valence electrons. The molecule has 1 aliphatic carbocycles. The van der Waals surface area contributed by atoms with Gasteiger partial charge in [0.05, 0.1) is 5.92 Å². The summed E-state index contributed by atoms with van der Waals surface area (Å²) in [4.78, 5) is 29.1. The molecule has 1 aromatic carbocycles. The Balaban J connectivity index is 1.25. The molecule has 0 N–H and O–H groups in total. The highest BCUT2D eigenvalue weighted by Gasteiger charge is 2.38. The van der Waals surface area contributed by atoms with Crippen molar-refractivity contribution >= 4 is 11.9 Å². The summed E-state index contributed by atoms with van der Waals surface area (Å²) in [6, 6.07) is 10.4. The Bertz CT molecular complexity index is 644. The first-order chi connectivity index (χ1) is 12.7. The van der Waals surface area contributed by atoms with E-state index in [9.17, 15) is 9.59 Å². The van der Waals surface area contributed by atoms with E-state index in [0.29, 0.717) is 6.54 Å². The van der Waals surface area contributed by atoms with Crippen molar-refractivity contribution in [3.63, 3.8) is 0 Å². The molecular formula is C21H28N2O3. The van der Waals surface area contributed by atoms with Gasteiger partial charge in [-0.05, 0) is 37.7 Å². The molecule has 2 aliphatic heterocycles. The van der Waals surface area contributed by atoms with Crippen molar-refractivity contribution in [2.24, 2.45) is 11.8 Å². The Labute approximate surface area is 155 Å². The summed E-state index contributed by atoms with van der Waals surface area (Å²) in [7, 11) is 0. The van der Waals surface area contributed by atoms with Gasteiger partial charge in [0.15, 0.2) is 0 Å². The van der Waals surface area contributed by atoms with Crippen molar-refractivity contribution in [1.82, 2.24) is 9.80 Å². The van der Waals surface area contributed by atoms with Crippen molar-refractivity contribution in [2.45, 2.75) is 44.8 Å². The van der Waals surface area contributed by atoms with Gasteiger partial charge >= 0.3 is 5.97 Å². The Morgan fingerprint density at radius 2 is 1.77 bits per heavy atom. The summed E-state index contributed by atoms with van der Waals surface area (Å²) < 4.78 is 5.80. The average molecular weight is 356 g/mol. The molecule has 0 aromatic heterocycles. The predicted molar refractivity (Wildman–Crippen MR) is 98.2 cm³/mol. The topological polar surface area (TPSA) is 49.9 Å². The second-order valence-corrected chi connectivity index (χ2v) is 7.97. The van der Waals surface area contributed by atoms with E-state index in [2.05, 4.69) is 29.2 Å². The van der Waals surface area contributed by atoms with Crippen molar-refractivity contribution in [1.29, 1.82) is 0 Å². The molecule has 0 spiro atoms. The predicted octanol–water partition coefficient (Wildman–Crippen LogP) is 2.45. The molecule has 1 amide bonds.